The van der Waals surface area contributed by atoms with Gasteiger partial charge in [0.25, 0.3) is 0 Å². The van der Waals surface area contributed by atoms with Gasteiger partial charge in [0.05, 0.1) is 27.8 Å². The number of benzene rings is 1. The number of aryl methyl sites for hydroxylation is 1. The third-order valence-electron chi connectivity index (χ3n) is 5.34. The van der Waals surface area contributed by atoms with Gasteiger partial charge in [-0.25, -0.2) is 4.68 Å². The number of amides is 1. The molecule has 1 unspecified atom stereocenters. The van der Waals surface area contributed by atoms with Crippen LogP contribution in [0.2, 0.25) is 10.0 Å². The van der Waals surface area contributed by atoms with Crippen LogP contribution in [0.5, 0.6) is 0 Å². The van der Waals surface area contributed by atoms with Crippen molar-refractivity contribution in [1.29, 1.82) is 0 Å². The molecule has 1 saturated carbocycles. The first kappa shape index (κ1) is 20.2. The highest BCUT2D eigenvalue weighted by molar-refractivity contribution is 6.42. The highest BCUT2D eigenvalue weighted by Gasteiger charge is 2.29. The van der Waals surface area contributed by atoms with E-state index >= 15 is 0 Å². The maximum absolute atomic E-state index is 12.5. The molecule has 2 aromatic rings. The van der Waals surface area contributed by atoms with Crippen LogP contribution >= 0.6 is 23.2 Å². The fourth-order valence-corrected chi connectivity index (χ4v) is 3.56. The standard InChI is InChI=1S/C20H26Cl2N4O/c1-12(25(4)15-5-6-15)11-23-20(27)10-17-13(2)24-26(14(17)3)16-7-8-18(21)19(22)9-16/h7-9,12,15H,5-6,10-11H2,1-4H3,(H,23,27). The van der Waals surface area contributed by atoms with Crippen molar-refractivity contribution in [2.75, 3.05) is 13.6 Å². The molecule has 1 heterocycles. The minimum atomic E-state index is 0.0194. The van der Waals surface area contributed by atoms with E-state index in [1.807, 2.05) is 24.6 Å². The summed E-state index contributed by atoms with van der Waals surface area (Å²) in [4.78, 5) is 14.8. The Balaban J connectivity index is 1.67. The molecule has 0 aliphatic heterocycles. The van der Waals surface area contributed by atoms with E-state index in [0.717, 1.165) is 22.6 Å². The van der Waals surface area contributed by atoms with Crippen molar-refractivity contribution < 1.29 is 4.79 Å². The van der Waals surface area contributed by atoms with Crippen LogP contribution in [-0.2, 0) is 11.2 Å². The summed E-state index contributed by atoms with van der Waals surface area (Å²) in [6.45, 7) is 6.70. The van der Waals surface area contributed by atoms with Gasteiger partial charge in [-0.1, -0.05) is 23.2 Å². The topological polar surface area (TPSA) is 50.2 Å². The largest absolute Gasteiger partial charge is 0.354 e. The number of nitrogens with one attached hydrogen (secondary N) is 1. The van der Waals surface area contributed by atoms with Crippen molar-refractivity contribution in [2.24, 2.45) is 0 Å². The second-order valence-corrected chi connectivity index (χ2v) is 8.20. The van der Waals surface area contributed by atoms with Gasteiger partial charge in [0.15, 0.2) is 0 Å². The van der Waals surface area contributed by atoms with E-state index in [9.17, 15) is 4.79 Å². The number of carbonyl (C=O) groups excluding carboxylic acids is 1. The van der Waals surface area contributed by atoms with Crippen LogP contribution in [0.15, 0.2) is 18.2 Å². The Morgan fingerprint density at radius 1 is 1.33 bits per heavy atom. The molecule has 0 saturated heterocycles. The highest BCUT2D eigenvalue weighted by atomic mass is 35.5. The van der Waals surface area contributed by atoms with E-state index in [2.05, 4.69) is 29.3 Å². The summed E-state index contributed by atoms with van der Waals surface area (Å²) in [7, 11) is 2.13. The van der Waals surface area contributed by atoms with Gasteiger partial charge in [-0.3, -0.25) is 9.69 Å². The zero-order chi connectivity index (χ0) is 19.7. The molecule has 1 aromatic carbocycles. The van der Waals surface area contributed by atoms with Crippen LogP contribution in [0.25, 0.3) is 5.69 Å². The Labute approximate surface area is 170 Å². The summed E-state index contributed by atoms with van der Waals surface area (Å²) in [5.74, 6) is 0.0194. The van der Waals surface area contributed by atoms with E-state index in [1.165, 1.54) is 12.8 Å². The number of carbonyl (C=O) groups is 1. The van der Waals surface area contributed by atoms with Crippen molar-refractivity contribution >= 4 is 29.1 Å². The molecule has 0 radical (unpaired) electrons. The van der Waals surface area contributed by atoms with Gasteiger partial charge in [0, 0.05) is 29.9 Å². The molecule has 1 aliphatic rings. The average molecular weight is 409 g/mol. The van der Waals surface area contributed by atoms with Crippen molar-refractivity contribution in [3.05, 3.63) is 45.2 Å². The first-order valence-electron chi connectivity index (χ1n) is 9.27. The maximum Gasteiger partial charge on any atom is 0.224 e. The first-order valence-corrected chi connectivity index (χ1v) is 10.0. The van der Waals surface area contributed by atoms with E-state index in [1.54, 1.807) is 12.1 Å². The normalized spacial score (nSPS) is 15.2. The maximum atomic E-state index is 12.5. The average Bonchev–Trinajstić information content (AvgIpc) is 3.44. The van der Waals surface area contributed by atoms with Gasteiger partial charge in [0.2, 0.25) is 5.91 Å². The molecular weight excluding hydrogens is 383 g/mol. The second-order valence-electron chi connectivity index (χ2n) is 7.39. The monoisotopic (exact) mass is 408 g/mol. The van der Waals surface area contributed by atoms with Crippen LogP contribution in [0.4, 0.5) is 0 Å². The fourth-order valence-electron chi connectivity index (χ4n) is 3.27. The molecule has 1 atom stereocenters. The Morgan fingerprint density at radius 3 is 2.67 bits per heavy atom. The number of hydrogen-bond acceptors (Lipinski definition) is 3. The number of rotatable bonds is 7. The summed E-state index contributed by atoms with van der Waals surface area (Å²) in [5, 5.41) is 8.63. The summed E-state index contributed by atoms with van der Waals surface area (Å²) < 4.78 is 1.81. The Hall–Kier alpha value is -1.56. The Morgan fingerprint density at radius 2 is 2.04 bits per heavy atom. The summed E-state index contributed by atoms with van der Waals surface area (Å²) >= 11 is 12.1. The summed E-state index contributed by atoms with van der Waals surface area (Å²) in [6.07, 6.45) is 2.85. The number of hydrogen-bond donors (Lipinski definition) is 1. The smallest absolute Gasteiger partial charge is 0.224 e. The molecule has 3 rings (SSSR count). The zero-order valence-electron chi connectivity index (χ0n) is 16.2. The van der Waals surface area contributed by atoms with Crippen molar-refractivity contribution in [3.63, 3.8) is 0 Å². The van der Waals surface area contributed by atoms with Gasteiger partial charge in [-0.05, 0) is 58.9 Å². The quantitative estimate of drug-likeness (QED) is 0.754. The highest BCUT2D eigenvalue weighted by Crippen LogP contribution is 2.27. The molecular formula is C20H26Cl2N4O. The third-order valence-corrected chi connectivity index (χ3v) is 6.08. The summed E-state index contributed by atoms with van der Waals surface area (Å²) in [5.41, 5.74) is 3.55. The lowest BCUT2D eigenvalue weighted by atomic mass is 10.1. The Bertz CT molecular complexity index is 845. The van der Waals surface area contributed by atoms with Gasteiger partial charge in [-0.15, -0.1) is 0 Å². The molecule has 1 aliphatic carbocycles. The molecule has 5 nitrogen and oxygen atoms in total. The van der Waals surface area contributed by atoms with Gasteiger partial charge in [-0.2, -0.15) is 5.10 Å². The number of likely N-dealkylation sites (N-methyl/N-ethyl adjacent to an activating group) is 1. The predicted octanol–water partition coefficient (Wildman–Crippen LogP) is 3.94. The molecule has 1 aromatic heterocycles. The number of aromatic nitrogens is 2. The van der Waals surface area contributed by atoms with E-state index in [4.69, 9.17) is 23.2 Å². The minimum Gasteiger partial charge on any atom is -0.354 e. The molecule has 7 heteroatoms. The van der Waals surface area contributed by atoms with Crippen LogP contribution in [0, 0.1) is 13.8 Å². The number of halogens is 2. The molecule has 0 spiro atoms. The van der Waals surface area contributed by atoms with Crippen molar-refractivity contribution in [1.82, 2.24) is 20.0 Å². The second kappa shape index (κ2) is 8.21. The zero-order valence-corrected chi connectivity index (χ0v) is 17.7. The molecule has 1 fully saturated rings. The third kappa shape index (κ3) is 4.65. The Kier molecular flexibility index (Phi) is 6.14. The van der Waals surface area contributed by atoms with E-state index < -0.39 is 0 Å². The SMILES string of the molecule is Cc1nn(-c2ccc(Cl)c(Cl)c2)c(C)c1CC(=O)NCC(C)N(C)C1CC1. The lowest BCUT2D eigenvalue weighted by Crippen LogP contribution is -2.41. The van der Waals surface area contributed by atoms with Crippen molar-refractivity contribution in [3.8, 4) is 5.69 Å². The van der Waals surface area contributed by atoms with Crippen LogP contribution in [0.1, 0.15) is 36.7 Å². The van der Waals surface area contributed by atoms with Crippen LogP contribution < -0.4 is 5.32 Å². The van der Waals surface area contributed by atoms with E-state index in [-0.39, 0.29) is 5.91 Å². The van der Waals surface area contributed by atoms with Crippen LogP contribution in [0.3, 0.4) is 0 Å². The summed E-state index contributed by atoms with van der Waals surface area (Å²) in [6, 6.07) is 6.42. The van der Waals surface area contributed by atoms with Crippen LogP contribution in [-0.4, -0.2) is 46.3 Å². The van der Waals surface area contributed by atoms with Gasteiger partial charge < -0.3 is 5.32 Å². The minimum absolute atomic E-state index is 0.0194. The van der Waals surface area contributed by atoms with Gasteiger partial charge >= 0.3 is 0 Å². The van der Waals surface area contributed by atoms with Crippen molar-refractivity contribution in [2.45, 2.75) is 52.1 Å². The lowest BCUT2D eigenvalue weighted by Gasteiger charge is -2.24. The predicted molar refractivity (Wildman–Crippen MR) is 110 cm³/mol. The molecule has 1 amide bonds. The van der Waals surface area contributed by atoms with E-state index in [0.29, 0.717) is 35.1 Å². The first-order chi connectivity index (χ1) is 12.8. The fraction of sp³-hybridized carbons (Fsp3) is 0.500. The molecule has 1 N–H and O–H groups in total. The molecule has 146 valence electrons. The van der Waals surface area contributed by atoms with Gasteiger partial charge in [0.1, 0.15) is 0 Å². The molecule has 27 heavy (non-hydrogen) atoms. The molecule has 0 bridgehead atoms. The lowest BCUT2D eigenvalue weighted by molar-refractivity contribution is -0.120. The number of nitrogens with zero attached hydrogens (tertiary/aromatic N) is 3.